The number of hydrogen-bond donors (Lipinski definition) is 1. The number of anilines is 2. The van der Waals surface area contributed by atoms with E-state index in [0.717, 1.165) is 33.1 Å². The van der Waals surface area contributed by atoms with Crippen LogP contribution in [0, 0.1) is 12.8 Å². The molecule has 0 bridgehead atoms. The Morgan fingerprint density at radius 1 is 1.26 bits per heavy atom. The van der Waals surface area contributed by atoms with Crippen molar-refractivity contribution in [3.05, 3.63) is 35.9 Å². The SMILES string of the molecule is CC.Cc1cccc(NSc2ccc(S(=O)N(C)C)s2)c1N1CCC(C)C1. The van der Waals surface area contributed by atoms with Gasteiger partial charge in [-0.15, -0.1) is 11.3 Å². The van der Waals surface area contributed by atoms with Crippen molar-refractivity contribution < 1.29 is 4.21 Å². The fraction of sp³-hybridized carbons (Fsp3) is 0.500. The molecule has 1 fully saturated rings. The van der Waals surface area contributed by atoms with Crippen LogP contribution in [0.3, 0.4) is 0 Å². The molecule has 0 aliphatic carbocycles. The van der Waals surface area contributed by atoms with Gasteiger partial charge >= 0.3 is 0 Å². The lowest BCUT2D eigenvalue weighted by Crippen LogP contribution is -2.21. The van der Waals surface area contributed by atoms with Crippen LogP contribution in [0.5, 0.6) is 0 Å². The zero-order valence-corrected chi connectivity index (χ0v) is 19.6. The number of nitrogens with one attached hydrogen (secondary N) is 1. The van der Waals surface area contributed by atoms with Gasteiger partial charge in [0.05, 0.1) is 15.6 Å². The van der Waals surface area contributed by atoms with Crippen molar-refractivity contribution in [1.29, 1.82) is 0 Å². The first-order valence-corrected chi connectivity index (χ1v) is 12.2. The summed E-state index contributed by atoms with van der Waals surface area (Å²) in [5, 5.41) is 0. The number of thiophene rings is 1. The average molecular weight is 426 g/mol. The highest BCUT2D eigenvalue weighted by atomic mass is 32.2. The molecule has 1 aromatic heterocycles. The Balaban J connectivity index is 0.00000126. The molecule has 0 amide bonds. The molecular formula is C20H31N3OS3. The molecule has 4 nitrogen and oxygen atoms in total. The van der Waals surface area contributed by atoms with Gasteiger partial charge in [-0.2, -0.15) is 0 Å². The van der Waals surface area contributed by atoms with E-state index >= 15 is 0 Å². The Kier molecular flexibility index (Phi) is 8.66. The Morgan fingerprint density at radius 3 is 2.63 bits per heavy atom. The maximum Gasteiger partial charge on any atom is 0.137 e. The lowest BCUT2D eigenvalue weighted by molar-refractivity contribution is 0.605. The van der Waals surface area contributed by atoms with Crippen LogP contribution in [0.1, 0.15) is 32.8 Å². The summed E-state index contributed by atoms with van der Waals surface area (Å²) in [4.78, 5) is 2.49. The predicted octanol–water partition coefficient (Wildman–Crippen LogP) is 5.63. The van der Waals surface area contributed by atoms with Crippen LogP contribution in [0.4, 0.5) is 11.4 Å². The van der Waals surface area contributed by atoms with E-state index in [-0.39, 0.29) is 0 Å². The minimum absolute atomic E-state index is 0.751. The van der Waals surface area contributed by atoms with Crippen LogP contribution in [0.2, 0.25) is 0 Å². The standard InChI is InChI=1S/C18H25N3OS3.C2H6/c1-13-10-11-21(12-13)18-14(2)6-5-7-15(18)19-24-16-8-9-17(23-16)25(22)20(3)4;1-2/h5-9,13,19H,10-12H2,1-4H3;1-2H3. The summed E-state index contributed by atoms with van der Waals surface area (Å²) in [6.45, 7) is 10.7. The number of para-hydroxylation sites is 1. The lowest BCUT2D eigenvalue weighted by atomic mass is 10.1. The summed E-state index contributed by atoms with van der Waals surface area (Å²) < 4.78 is 19.4. The third-order valence-corrected chi connectivity index (χ3v) is 7.95. The first kappa shape index (κ1) is 22.3. The highest BCUT2D eigenvalue weighted by molar-refractivity contribution is 8.02. The zero-order valence-electron chi connectivity index (χ0n) is 17.1. The molecule has 0 radical (unpaired) electrons. The fourth-order valence-corrected chi connectivity index (χ4v) is 6.28. The number of rotatable bonds is 6. The summed E-state index contributed by atoms with van der Waals surface area (Å²) in [6.07, 6.45) is 1.26. The molecule has 1 N–H and O–H groups in total. The normalized spacial score (nSPS) is 17.6. The van der Waals surface area contributed by atoms with Crippen molar-refractivity contribution in [3.63, 3.8) is 0 Å². The van der Waals surface area contributed by atoms with E-state index in [1.165, 1.54) is 17.7 Å². The average Bonchev–Trinajstić information content (AvgIpc) is 3.30. The molecule has 3 rings (SSSR count). The molecule has 1 aliphatic heterocycles. The summed E-state index contributed by atoms with van der Waals surface area (Å²) in [7, 11) is 2.59. The summed E-state index contributed by atoms with van der Waals surface area (Å²) in [6, 6.07) is 10.4. The van der Waals surface area contributed by atoms with E-state index in [1.54, 1.807) is 27.6 Å². The fourth-order valence-electron chi connectivity index (χ4n) is 3.04. The molecule has 2 unspecified atom stereocenters. The van der Waals surface area contributed by atoms with Crippen molar-refractivity contribution in [2.24, 2.45) is 5.92 Å². The number of hydrogen-bond acceptors (Lipinski definition) is 5. The van der Waals surface area contributed by atoms with E-state index in [2.05, 4.69) is 41.7 Å². The molecule has 1 saturated heterocycles. The van der Waals surface area contributed by atoms with Crippen LogP contribution in [0.15, 0.2) is 38.8 Å². The van der Waals surface area contributed by atoms with Gasteiger partial charge < -0.3 is 9.62 Å². The van der Waals surface area contributed by atoms with E-state index < -0.39 is 11.0 Å². The van der Waals surface area contributed by atoms with Gasteiger partial charge in [0.25, 0.3) is 0 Å². The molecule has 0 spiro atoms. The van der Waals surface area contributed by atoms with Gasteiger partial charge in [0, 0.05) is 13.1 Å². The van der Waals surface area contributed by atoms with Gasteiger partial charge in [-0.1, -0.05) is 32.9 Å². The van der Waals surface area contributed by atoms with Crippen LogP contribution >= 0.6 is 23.3 Å². The Labute approximate surface area is 175 Å². The Morgan fingerprint density at radius 2 is 2.00 bits per heavy atom. The topological polar surface area (TPSA) is 35.6 Å². The molecule has 1 aliphatic rings. The quantitative estimate of drug-likeness (QED) is 0.608. The maximum atomic E-state index is 12.1. The molecule has 2 atom stereocenters. The van der Waals surface area contributed by atoms with Gasteiger partial charge in [0.15, 0.2) is 0 Å². The molecule has 0 saturated carbocycles. The molecule has 27 heavy (non-hydrogen) atoms. The van der Waals surface area contributed by atoms with Crippen LogP contribution in [0.25, 0.3) is 0 Å². The molecule has 1 aromatic carbocycles. The molecular weight excluding hydrogens is 394 g/mol. The van der Waals surface area contributed by atoms with Crippen LogP contribution in [-0.4, -0.2) is 35.7 Å². The Bertz CT molecular complexity index is 761. The second-order valence-corrected chi connectivity index (χ2v) is 10.8. The Hall–Kier alpha value is -1.02. The van der Waals surface area contributed by atoms with Crippen molar-refractivity contribution in [2.75, 3.05) is 36.8 Å². The lowest BCUT2D eigenvalue weighted by Gasteiger charge is -2.24. The van der Waals surface area contributed by atoms with Crippen molar-refractivity contribution in [2.45, 2.75) is 42.5 Å². The minimum atomic E-state index is -1.07. The molecule has 150 valence electrons. The number of aryl methyl sites for hydroxylation is 1. The van der Waals surface area contributed by atoms with E-state index in [1.807, 2.05) is 40.1 Å². The molecule has 2 aromatic rings. The molecule has 2 heterocycles. The van der Waals surface area contributed by atoms with Crippen molar-refractivity contribution >= 4 is 45.6 Å². The number of benzene rings is 1. The summed E-state index contributed by atoms with van der Waals surface area (Å²) in [5.74, 6) is 0.751. The van der Waals surface area contributed by atoms with E-state index in [0.29, 0.717) is 0 Å². The zero-order chi connectivity index (χ0) is 20.0. The van der Waals surface area contributed by atoms with Crippen molar-refractivity contribution in [3.8, 4) is 0 Å². The van der Waals surface area contributed by atoms with Gasteiger partial charge in [0.2, 0.25) is 0 Å². The first-order valence-electron chi connectivity index (χ1n) is 9.42. The third kappa shape index (κ3) is 5.73. The van der Waals surface area contributed by atoms with Gasteiger partial charge in [-0.25, -0.2) is 8.51 Å². The third-order valence-electron chi connectivity index (χ3n) is 4.30. The summed E-state index contributed by atoms with van der Waals surface area (Å²) in [5.41, 5.74) is 3.77. The van der Waals surface area contributed by atoms with E-state index in [4.69, 9.17) is 0 Å². The smallest absolute Gasteiger partial charge is 0.137 e. The van der Waals surface area contributed by atoms with Crippen LogP contribution < -0.4 is 9.62 Å². The minimum Gasteiger partial charge on any atom is -0.369 e. The maximum absolute atomic E-state index is 12.1. The number of nitrogens with zero attached hydrogens (tertiary/aromatic N) is 2. The van der Waals surface area contributed by atoms with Gasteiger partial charge in [0.1, 0.15) is 15.2 Å². The van der Waals surface area contributed by atoms with Gasteiger partial charge in [-0.3, -0.25) is 0 Å². The largest absolute Gasteiger partial charge is 0.369 e. The van der Waals surface area contributed by atoms with Crippen LogP contribution in [-0.2, 0) is 11.0 Å². The monoisotopic (exact) mass is 425 g/mol. The predicted molar refractivity (Wildman–Crippen MR) is 122 cm³/mol. The highest BCUT2D eigenvalue weighted by Crippen LogP contribution is 2.37. The molecule has 7 heteroatoms. The highest BCUT2D eigenvalue weighted by Gasteiger charge is 2.22. The second kappa shape index (κ2) is 10.5. The van der Waals surface area contributed by atoms with E-state index in [9.17, 15) is 4.21 Å². The van der Waals surface area contributed by atoms with Crippen molar-refractivity contribution in [1.82, 2.24) is 4.31 Å². The van der Waals surface area contributed by atoms with Gasteiger partial charge in [-0.05, 0) is 69.1 Å². The first-order chi connectivity index (χ1) is 13.0. The summed E-state index contributed by atoms with van der Waals surface area (Å²) >= 11 is 3.17. The second-order valence-electron chi connectivity index (χ2n) is 6.65.